The summed E-state index contributed by atoms with van der Waals surface area (Å²) in [5, 5.41) is 0. The van der Waals surface area contributed by atoms with Gasteiger partial charge in [0.15, 0.2) is 0 Å². The van der Waals surface area contributed by atoms with Crippen molar-refractivity contribution in [3.05, 3.63) is 170 Å². The van der Waals surface area contributed by atoms with E-state index in [-0.39, 0.29) is 0 Å². The molecule has 0 unspecified atom stereocenters. The fourth-order valence-electron chi connectivity index (χ4n) is 4.53. The fraction of sp³-hybridized carbons (Fsp3) is 0.103. The second-order valence-corrected chi connectivity index (χ2v) is 8.98. The first-order valence-corrected chi connectivity index (χ1v) is 13.6. The predicted molar refractivity (Wildman–Crippen MR) is 187 cm³/mol. The van der Waals surface area contributed by atoms with E-state index in [9.17, 15) is 0 Å². The SMILES string of the molecule is B=C/C=C\C(=C/C)c1c(-c2ccccc2)cc(/C(C=C)=C/C=C\C)c(/C(C=C)=C/C=C\C)c1/C(C)=C/C=C\C=C. The zero-order chi connectivity index (χ0) is 29.3. The van der Waals surface area contributed by atoms with Crippen molar-refractivity contribution in [1.82, 2.24) is 0 Å². The average molecular weight is 521 g/mol. The Morgan fingerprint density at radius 3 is 1.90 bits per heavy atom. The average Bonchev–Trinajstić information content (AvgIpc) is 2.99. The molecule has 40 heavy (non-hydrogen) atoms. The molecular weight excluding hydrogens is 479 g/mol. The van der Waals surface area contributed by atoms with Crippen LogP contribution in [0.4, 0.5) is 0 Å². The molecule has 0 radical (unpaired) electrons. The van der Waals surface area contributed by atoms with Crippen LogP contribution in [0.5, 0.6) is 0 Å². The Kier molecular flexibility index (Phi) is 13.6. The first-order valence-electron chi connectivity index (χ1n) is 13.6. The molecule has 0 aliphatic carbocycles. The van der Waals surface area contributed by atoms with Crippen LogP contribution in [0.3, 0.4) is 0 Å². The van der Waals surface area contributed by atoms with Crippen LogP contribution in [0.25, 0.3) is 33.4 Å². The maximum atomic E-state index is 4.23. The van der Waals surface area contributed by atoms with Gasteiger partial charge in [-0.1, -0.05) is 0 Å². The molecule has 0 heterocycles. The van der Waals surface area contributed by atoms with E-state index in [1.54, 1.807) is 6.08 Å². The fourth-order valence-corrected chi connectivity index (χ4v) is 4.53. The first-order chi connectivity index (χ1) is 19.5. The molecule has 0 fully saturated rings. The van der Waals surface area contributed by atoms with Gasteiger partial charge < -0.3 is 0 Å². The standard InChI is InChI=1S/C39H41B/c1-8-14-18-22-30(7)37-38(32(12-5)24-16-10-3)35(31(11-4)23-15-9-2)29-36(34-25-19-17-20-26-34)39(37)33(13-6)27-21-28-40/h8-29,40H,1,4-5H2,2-3,6-7H3/b15-9-,16-10-,18-14-,27-21-,30-22+,31-23+,32-24+,33-13+. The van der Waals surface area contributed by atoms with Crippen molar-refractivity contribution < 1.29 is 0 Å². The van der Waals surface area contributed by atoms with Crippen molar-refractivity contribution in [2.24, 2.45) is 0 Å². The molecule has 0 amide bonds. The Morgan fingerprint density at radius 1 is 0.700 bits per heavy atom. The summed E-state index contributed by atoms with van der Waals surface area (Å²) in [5.74, 6) is 1.81. The molecule has 2 aromatic carbocycles. The summed E-state index contributed by atoms with van der Waals surface area (Å²) in [6, 6.07) is 12.9. The van der Waals surface area contributed by atoms with Gasteiger partial charge in [-0.25, -0.2) is 0 Å². The summed E-state index contributed by atoms with van der Waals surface area (Å²) in [6.07, 6.45) is 30.5. The topological polar surface area (TPSA) is 0 Å². The van der Waals surface area contributed by atoms with Crippen LogP contribution < -0.4 is 0 Å². The number of rotatable bonds is 13. The first kappa shape index (κ1) is 31.7. The van der Waals surface area contributed by atoms with Crippen LogP contribution in [0.1, 0.15) is 49.9 Å². The van der Waals surface area contributed by atoms with E-state index >= 15 is 0 Å². The Bertz CT molecular complexity index is 1460. The van der Waals surface area contributed by atoms with Gasteiger partial charge in [-0.3, -0.25) is 0 Å². The van der Waals surface area contributed by atoms with E-state index < -0.39 is 0 Å². The van der Waals surface area contributed by atoms with Gasteiger partial charge in [-0.15, -0.1) is 0 Å². The maximum absolute atomic E-state index is 4.23. The van der Waals surface area contributed by atoms with Gasteiger partial charge in [-0.05, 0) is 6.92 Å². The van der Waals surface area contributed by atoms with Crippen molar-refractivity contribution in [3.63, 3.8) is 0 Å². The molecule has 0 nitrogen and oxygen atoms in total. The van der Waals surface area contributed by atoms with E-state index in [2.05, 4.69) is 120 Å². The molecule has 0 saturated heterocycles. The summed E-state index contributed by atoms with van der Waals surface area (Å²) in [5.41, 5.74) is 11.0. The van der Waals surface area contributed by atoms with Crippen LogP contribution in [0.2, 0.25) is 0 Å². The van der Waals surface area contributed by atoms with Gasteiger partial charge in [0.1, 0.15) is 0 Å². The number of benzene rings is 2. The molecule has 0 aliphatic rings. The van der Waals surface area contributed by atoms with E-state index in [0.717, 1.165) is 55.7 Å². The molecule has 0 saturated carbocycles. The van der Waals surface area contributed by atoms with Gasteiger partial charge in [0.2, 0.25) is 0 Å². The third-order valence-corrected chi connectivity index (χ3v) is 6.39. The van der Waals surface area contributed by atoms with E-state index in [1.807, 2.05) is 62.3 Å². The normalized spacial score (nSPS) is 13.6. The molecule has 200 valence electrons. The molecule has 0 spiro atoms. The third-order valence-electron chi connectivity index (χ3n) is 6.39. The van der Waals surface area contributed by atoms with Gasteiger partial charge in [0, 0.05) is 0 Å². The summed E-state index contributed by atoms with van der Waals surface area (Å²) < 4.78 is 0. The van der Waals surface area contributed by atoms with Gasteiger partial charge >= 0.3 is 237 Å². The molecule has 1 heteroatoms. The van der Waals surface area contributed by atoms with Crippen molar-refractivity contribution >= 4 is 35.7 Å². The predicted octanol–water partition coefficient (Wildman–Crippen LogP) is 10.5. The zero-order valence-corrected chi connectivity index (χ0v) is 24.5. The third kappa shape index (κ3) is 8.01. The molecule has 2 rings (SSSR count). The van der Waals surface area contributed by atoms with Crippen LogP contribution >= 0.6 is 0 Å². The van der Waals surface area contributed by atoms with Gasteiger partial charge in [-0.2, -0.15) is 0 Å². The Morgan fingerprint density at radius 2 is 1.35 bits per heavy atom. The minimum atomic E-state index is 1.03. The van der Waals surface area contributed by atoms with Crippen LogP contribution in [-0.2, 0) is 0 Å². The van der Waals surface area contributed by atoms with Crippen LogP contribution in [0, 0.1) is 0 Å². The van der Waals surface area contributed by atoms with Crippen LogP contribution in [-0.4, -0.2) is 13.5 Å². The minimum absolute atomic E-state index is 1.03. The van der Waals surface area contributed by atoms with Crippen molar-refractivity contribution in [2.75, 3.05) is 0 Å². The summed E-state index contributed by atoms with van der Waals surface area (Å²) in [7, 11) is 3.92. The monoisotopic (exact) mass is 520 g/mol. The van der Waals surface area contributed by atoms with Crippen molar-refractivity contribution in [3.8, 4) is 11.1 Å². The van der Waals surface area contributed by atoms with E-state index in [1.165, 1.54) is 0 Å². The molecule has 0 N–H and O–H groups in total. The van der Waals surface area contributed by atoms with Gasteiger partial charge in [0.25, 0.3) is 0 Å². The summed E-state index contributed by atoms with van der Waals surface area (Å²) in [4.78, 5) is 0. The molecular formula is C39H41B. The quantitative estimate of drug-likeness (QED) is 0.182. The number of allylic oxidation sites excluding steroid dienone is 19. The molecule has 0 aromatic heterocycles. The number of hydrogen-bond donors (Lipinski definition) is 0. The van der Waals surface area contributed by atoms with Crippen molar-refractivity contribution in [1.29, 1.82) is 0 Å². The second-order valence-electron chi connectivity index (χ2n) is 8.98. The molecule has 0 atom stereocenters. The van der Waals surface area contributed by atoms with E-state index in [0.29, 0.717) is 0 Å². The summed E-state index contributed by atoms with van der Waals surface area (Å²) in [6.45, 7) is 20.6. The molecule has 0 aliphatic heterocycles. The van der Waals surface area contributed by atoms with Crippen LogP contribution in [0.15, 0.2) is 147 Å². The molecule has 2 aromatic rings. The van der Waals surface area contributed by atoms with Crippen molar-refractivity contribution in [2.45, 2.75) is 27.7 Å². The molecule has 0 bridgehead atoms. The summed E-state index contributed by atoms with van der Waals surface area (Å²) >= 11 is 0. The Labute approximate surface area is 243 Å². The Balaban J connectivity index is 3.44. The Hall–Kier alpha value is -4.49. The number of hydrogen-bond acceptors (Lipinski definition) is 0. The van der Waals surface area contributed by atoms with Gasteiger partial charge in [0.05, 0.1) is 0 Å². The van der Waals surface area contributed by atoms with E-state index in [4.69, 9.17) is 0 Å². The zero-order valence-electron chi connectivity index (χ0n) is 24.5. The second kappa shape index (κ2) is 17.2.